The molecule has 1 atom stereocenters. The van der Waals surface area contributed by atoms with Crippen molar-refractivity contribution in [3.63, 3.8) is 0 Å². The van der Waals surface area contributed by atoms with Crippen LogP contribution in [0.5, 0.6) is 0 Å². The van der Waals surface area contributed by atoms with Gasteiger partial charge >= 0.3 is 11.6 Å². The summed E-state index contributed by atoms with van der Waals surface area (Å²) in [6.07, 6.45) is 0. The zero-order valence-electron chi connectivity index (χ0n) is 11.2. The van der Waals surface area contributed by atoms with Gasteiger partial charge in [-0.1, -0.05) is 35.5 Å². The second kappa shape index (κ2) is 5.24. The first-order valence-electron chi connectivity index (χ1n) is 6.20. The molecule has 2 heterocycles. The number of nitro groups is 1. The smallest absolute Gasteiger partial charge is 0.358 e. The molecule has 0 aliphatic rings. The summed E-state index contributed by atoms with van der Waals surface area (Å²) in [6.45, 7) is 1.73. The highest BCUT2D eigenvalue weighted by atomic mass is 16.6. The lowest BCUT2D eigenvalue weighted by Crippen LogP contribution is -2.20. The topological polar surface area (TPSA) is 130 Å². The van der Waals surface area contributed by atoms with Crippen molar-refractivity contribution in [1.29, 1.82) is 0 Å². The Balaban J connectivity index is 2.15. The van der Waals surface area contributed by atoms with Crippen LogP contribution in [-0.4, -0.2) is 25.0 Å². The Kier molecular flexibility index (Phi) is 3.26. The van der Waals surface area contributed by atoms with Crippen LogP contribution in [-0.2, 0) is 0 Å². The van der Waals surface area contributed by atoms with Crippen LogP contribution in [0.4, 0.5) is 5.82 Å². The Labute approximate surface area is 122 Å². The molecule has 0 aliphatic carbocycles. The van der Waals surface area contributed by atoms with Gasteiger partial charge in [0.25, 0.3) is 5.69 Å². The van der Waals surface area contributed by atoms with Gasteiger partial charge in [-0.15, -0.1) is 4.63 Å². The van der Waals surface area contributed by atoms with E-state index in [-0.39, 0.29) is 11.5 Å². The summed E-state index contributed by atoms with van der Waals surface area (Å²) in [5.41, 5.74) is 0.534. The van der Waals surface area contributed by atoms with Crippen LogP contribution in [0.1, 0.15) is 18.5 Å². The van der Waals surface area contributed by atoms with E-state index in [0.717, 1.165) is 10.1 Å². The molecule has 0 amide bonds. The number of aromatic nitrogens is 4. The summed E-state index contributed by atoms with van der Waals surface area (Å²) in [7, 11) is 0. The van der Waals surface area contributed by atoms with E-state index in [1.54, 1.807) is 6.92 Å². The van der Waals surface area contributed by atoms with Gasteiger partial charge in [0.15, 0.2) is 5.16 Å². The van der Waals surface area contributed by atoms with Crippen molar-refractivity contribution in [2.75, 3.05) is 0 Å². The third kappa shape index (κ3) is 2.16. The van der Waals surface area contributed by atoms with Crippen LogP contribution in [0, 0.1) is 10.1 Å². The van der Waals surface area contributed by atoms with E-state index in [0.29, 0.717) is 0 Å². The first-order valence-corrected chi connectivity index (χ1v) is 6.20. The van der Waals surface area contributed by atoms with E-state index in [9.17, 15) is 14.9 Å². The van der Waals surface area contributed by atoms with Crippen LogP contribution in [0.3, 0.4) is 0 Å². The molecule has 0 aliphatic heterocycles. The van der Waals surface area contributed by atoms with Gasteiger partial charge in [-0.05, 0) is 22.6 Å². The lowest BCUT2D eigenvalue weighted by Gasteiger charge is -2.12. The highest BCUT2D eigenvalue weighted by Gasteiger charge is 2.31. The van der Waals surface area contributed by atoms with E-state index < -0.39 is 22.5 Å². The summed E-state index contributed by atoms with van der Waals surface area (Å²) in [6, 6.07) is 8.60. The minimum absolute atomic E-state index is 0.116. The van der Waals surface area contributed by atoms with Gasteiger partial charge in [-0.3, -0.25) is 4.52 Å². The van der Waals surface area contributed by atoms with E-state index >= 15 is 0 Å². The molecule has 0 saturated carbocycles. The van der Waals surface area contributed by atoms with Gasteiger partial charge in [0.05, 0.1) is 6.04 Å². The first kappa shape index (κ1) is 13.7. The molecule has 2 aromatic heterocycles. The average molecular weight is 303 g/mol. The molecule has 0 fully saturated rings. The van der Waals surface area contributed by atoms with Crippen LogP contribution in [0.2, 0.25) is 0 Å². The molecule has 0 radical (unpaired) electrons. The first-order chi connectivity index (χ1) is 10.6. The second-order valence-electron chi connectivity index (χ2n) is 4.42. The Morgan fingerprint density at radius 2 is 1.95 bits per heavy atom. The fraction of sp³-hybridized carbons (Fsp3) is 0.167. The minimum Gasteiger partial charge on any atom is -0.358 e. The van der Waals surface area contributed by atoms with Crippen LogP contribution in [0.15, 0.2) is 44.3 Å². The molecular formula is C12H9N5O5. The number of hydrogen-bond acceptors (Lipinski definition) is 8. The highest BCUT2D eigenvalue weighted by Crippen LogP contribution is 2.27. The highest BCUT2D eigenvalue weighted by molar-refractivity contribution is 5.58. The van der Waals surface area contributed by atoms with Crippen molar-refractivity contribution >= 4 is 5.82 Å². The van der Waals surface area contributed by atoms with Crippen molar-refractivity contribution < 1.29 is 14.1 Å². The largest absolute Gasteiger partial charge is 0.446 e. The molecule has 3 aromatic rings. The quantitative estimate of drug-likeness (QED) is 0.522. The lowest BCUT2D eigenvalue weighted by molar-refractivity contribution is -0.390. The molecule has 10 heteroatoms. The van der Waals surface area contributed by atoms with E-state index in [1.807, 2.05) is 30.3 Å². The van der Waals surface area contributed by atoms with Crippen LogP contribution >= 0.6 is 0 Å². The SMILES string of the molecule is CC(c1ccccc1)n1c(-c2nonc2[N+](=O)[O-])noc1=O. The van der Waals surface area contributed by atoms with E-state index in [2.05, 4.69) is 24.6 Å². The fourth-order valence-corrected chi connectivity index (χ4v) is 2.08. The zero-order chi connectivity index (χ0) is 15.7. The molecule has 0 saturated heterocycles. The van der Waals surface area contributed by atoms with Crippen molar-refractivity contribution in [2.24, 2.45) is 0 Å². The summed E-state index contributed by atoms with van der Waals surface area (Å²) in [4.78, 5) is 22.1. The van der Waals surface area contributed by atoms with Crippen molar-refractivity contribution in [3.8, 4) is 11.5 Å². The van der Waals surface area contributed by atoms with Crippen molar-refractivity contribution in [1.82, 2.24) is 20.0 Å². The van der Waals surface area contributed by atoms with E-state index in [1.165, 1.54) is 0 Å². The summed E-state index contributed by atoms with van der Waals surface area (Å²) < 4.78 is 10.1. The average Bonchev–Trinajstić information content (AvgIpc) is 3.13. The molecule has 0 bridgehead atoms. The molecule has 10 nitrogen and oxygen atoms in total. The molecule has 1 unspecified atom stereocenters. The maximum absolute atomic E-state index is 11.9. The Morgan fingerprint density at radius 1 is 1.23 bits per heavy atom. The molecular weight excluding hydrogens is 294 g/mol. The number of nitrogens with zero attached hydrogens (tertiary/aromatic N) is 5. The fourth-order valence-electron chi connectivity index (χ4n) is 2.08. The number of hydrogen-bond donors (Lipinski definition) is 0. The third-order valence-corrected chi connectivity index (χ3v) is 3.16. The predicted octanol–water partition coefficient (Wildman–Crippen LogP) is 1.40. The summed E-state index contributed by atoms with van der Waals surface area (Å²) >= 11 is 0. The standard InChI is InChI=1S/C12H9N5O5/c1-7(8-5-3-2-4-6-8)16-10(14-21-12(16)18)9-11(17(19)20)15-22-13-9/h2-7H,1H3. The second-order valence-corrected chi connectivity index (χ2v) is 4.42. The van der Waals surface area contributed by atoms with Crippen molar-refractivity contribution in [2.45, 2.75) is 13.0 Å². The van der Waals surface area contributed by atoms with Gasteiger partial charge in [-0.25, -0.2) is 9.36 Å². The number of benzene rings is 1. The molecule has 22 heavy (non-hydrogen) atoms. The maximum atomic E-state index is 11.9. The molecule has 112 valence electrons. The van der Waals surface area contributed by atoms with Gasteiger partial charge in [0, 0.05) is 0 Å². The molecule has 0 spiro atoms. The van der Waals surface area contributed by atoms with E-state index in [4.69, 9.17) is 0 Å². The monoisotopic (exact) mass is 303 g/mol. The van der Waals surface area contributed by atoms with Crippen LogP contribution in [0.25, 0.3) is 11.5 Å². The Morgan fingerprint density at radius 3 is 2.64 bits per heavy atom. The maximum Gasteiger partial charge on any atom is 0.446 e. The van der Waals surface area contributed by atoms with Gasteiger partial charge in [0.2, 0.25) is 5.82 Å². The normalized spacial score (nSPS) is 12.2. The van der Waals surface area contributed by atoms with Gasteiger partial charge in [0.1, 0.15) is 0 Å². The summed E-state index contributed by atoms with van der Waals surface area (Å²) in [5, 5.41) is 21.1. The Bertz CT molecular complexity index is 865. The van der Waals surface area contributed by atoms with Gasteiger partial charge < -0.3 is 10.1 Å². The molecule has 1 aromatic carbocycles. The zero-order valence-corrected chi connectivity index (χ0v) is 11.2. The third-order valence-electron chi connectivity index (χ3n) is 3.16. The van der Waals surface area contributed by atoms with Crippen LogP contribution < -0.4 is 5.76 Å². The summed E-state index contributed by atoms with van der Waals surface area (Å²) in [5.74, 6) is -1.51. The van der Waals surface area contributed by atoms with Gasteiger partial charge in [-0.2, -0.15) is 0 Å². The predicted molar refractivity (Wildman–Crippen MR) is 71.0 cm³/mol. The Hall–Kier alpha value is -3.30. The minimum atomic E-state index is -0.775. The van der Waals surface area contributed by atoms with Crippen molar-refractivity contribution in [3.05, 3.63) is 56.6 Å². The molecule has 3 rings (SSSR count). The molecule has 0 N–H and O–H groups in total. The number of rotatable bonds is 4. The lowest BCUT2D eigenvalue weighted by atomic mass is 10.1.